The van der Waals surface area contributed by atoms with Gasteiger partial charge in [0.1, 0.15) is 0 Å². The minimum absolute atomic E-state index is 0.327. The second-order valence-corrected chi connectivity index (χ2v) is 3.04. The van der Waals surface area contributed by atoms with Gasteiger partial charge in [-0.2, -0.15) is 11.1 Å². The van der Waals surface area contributed by atoms with Crippen molar-refractivity contribution in [2.75, 3.05) is 13.2 Å². The maximum atomic E-state index is 8.53. The molecular formula is C8H22N4O. The molecule has 5 nitrogen and oxygen atoms in total. The molecule has 13 heavy (non-hydrogen) atoms. The number of hydrogen-bond acceptors (Lipinski definition) is 5. The minimum Gasteiger partial charge on any atom is -0.396 e. The first kappa shape index (κ1) is 12.8. The summed E-state index contributed by atoms with van der Waals surface area (Å²) in [5.41, 5.74) is 7.81. The van der Waals surface area contributed by atoms with Crippen LogP contribution in [-0.2, 0) is 0 Å². The van der Waals surface area contributed by atoms with Gasteiger partial charge in [-0.25, -0.2) is 5.43 Å². The van der Waals surface area contributed by atoms with Crippen LogP contribution in [-0.4, -0.2) is 18.3 Å². The second-order valence-electron chi connectivity index (χ2n) is 3.04. The Morgan fingerprint density at radius 3 is 2.15 bits per heavy atom. The number of aliphatic hydroxyl groups excluding tert-OH is 1. The molecule has 0 radical (unpaired) electrons. The quantitative estimate of drug-likeness (QED) is 0.187. The fourth-order valence-corrected chi connectivity index (χ4v) is 1.15. The highest BCUT2D eigenvalue weighted by Crippen LogP contribution is 2.03. The van der Waals surface area contributed by atoms with Gasteiger partial charge in [-0.1, -0.05) is 25.7 Å². The molecule has 0 bridgehead atoms. The van der Waals surface area contributed by atoms with E-state index >= 15 is 0 Å². The molecule has 0 saturated carbocycles. The molecule has 0 heterocycles. The molecule has 0 aliphatic carbocycles. The third kappa shape index (κ3) is 11.8. The molecule has 0 fully saturated rings. The number of hydrazine groups is 3. The van der Waals surface area contributed by atoms with Crippen LogP contribution in [0.2, 0.25) is 0 Å². The highest BCUT2D eigenvalue weighted by molar-refractivity contribution is 4.46. The van der Waals surface area contributed by atoms with Crippen LogP contribution in [0.3, 0.4) is 0 Å². The normalized spacial score (nSPS) is 10.6. The minimum atomic E-state index is 0.327. The molecule has 0 rings (SSSR count). The van der Waals surface area contributed by atoms with Crippen molar-refractivity contribution in [2.24, 2.45) is 5.84 Å². The monoisotopic (exact) mass is 190 g/mol. The van der Waals surface area contributed by atoms with Crippen molar-refractivity contribution in [3.63, 3.8) is 0 Å². The fourth-order valence-electron chi connectivity index (χ4n) is 1.15. The van der Waals surface area contributed by atoms with Crippen molar-refractivity contribution in [1.29, 1.82) is 0 Å². The first-order chi connectivity index (χ1) is 6.41. The van der Waals surface area contributed by atoms with Gasteiger partial charge in [-0.15, -0.1) is 0 Å². The molecule has 0 amide bonds. The zero-order chi connectivity index (χ0) is 9.78. The molecule has 0 saturated heterocycles. The van der Waals surface area contributed by atoms with Crippen molar-refractivity contribution in [2.45, 2.75) is 38.5 Å². The van der Waals surface area contributed by atoms with E-state index in [0.717, 1.165) is 25.8 Å². The molecule has 80 valence electrons. The Labute approximate surface area is 80.0 Å². The molecule has 0 aromatic heterocycles. The lowest BCUT2D eigenvalue weighted by Gasteiger charge is -2.04. The summed E-state index contributed by atoms with van der Waals surface area (Å²) in [6, 6.07) is 0. The molecule has 0 aromatic rings. The van der Waals surface area contributed by atoms with Gasteiger partial charge < -0.3 is 5.11 Å². The lowest BCUT2D eigenvalue weighted by molar-refractivity contribution is 0.282. The highest BCUT2D eigenvalue weighted by atomic mass is 16.2. The summed E-state index contributed by atoms with van der Waals surface area (Å²) in [6.07, 6.45) is 6.93. The standard InChI is InChI=1S/C8H22N4O/c9-11-12-10-7-5-3-1-2-4-6-8-13/h10-13H,1-9H2. The van der Waals surface area contributed by atoms with E-state index in [0.29, 0.717) is 6.61 Å². The molecule has 5 heteroatoms. The molecule has 0 aromatic carbocycles. The Morgan fingerprint density at radius 1 is 0.923 bits per heavy atom. The van der Waals surface area contributed by atoms with Gasteiger partial charge in [0.15, 0.2) is 0 Å². The summed E-state index contributed by atoms with van der Waals surface area (Å²) in [5, 5.41) is 8.53. The van der Waals surface area contributed by atoms with Gasteiger partial charge in [-0.05, 0) is 12.8 Å². The predicted octanol–water partition coefficient (Wildman–Crippen LogP) is -0.208. The Kier molecular flexibility index (Phi) is 11.6. The van der Waals surface area contributed by atoms with Crippen molar-refractivity contribution < 1.29 is 5.11 Å². The van der Waals surface area contributed by atoms with Gasteiger partial charge in [-0.3, -0.25) is 5.84 Å². The van der Waals surface area contributed by atoms with Gasteiger partial charge >= 0.3 is 0 Å². The van der Waals surface area contributed by atoms with Crippen molar-refractivity contribution >= 4 is 0 Å². The molecule has 0 spiro atoms. The fraction of sp³-hybridized carbons (Fsp3) is 1.00. The first-order valence-corrected chi connectivity index (χ1v) is 4.96. The van der Waals surface area contributed by atoms with E-state index in [4.69, 9.17) is 10.9 Å². The summed E-state index contributed by atoms with van der Waals surface area (Å²) in [7, 11) is 0. The maximum Gasteiger partial charge on any atom is 0.0431 e. The summed E-state index contributed by atoms with van der Waals surface area (Å²) >= 11 is 0. The lowest BCUT2D eigenvalue weighted by atomic mass is 10.1. The van der Waals surface area contributed by atoms with Gasteiger partial charge in [0.25, 0.3) is 0 Å². The van der Waals surface area contributed by atoms with Crippen LogP contribution in [0.15, 0.2) is 0 Å². The highest BCUT2D eigenvalue weighted by Gasteiger charge is 1.90. The number of aliphatic hydroxyl groups is 1. The Morgan fingerprint density at radius 2 is 1.54 bits per heavy atom. The van der Waals surface area contributed by atoms with Crippen LogP contribution in [0.5, 0.6) is 0 Å². The average Bonchev–Trinajstić information content (AvgIpc) is 2.16. The summed E-state index contributed by atoms with van der Waals surface area (Å²) < 4.78 is 0. The van der Waals surface area contributed by atoms with Crippen LogP contribution in [0.4, 0.5) is 0 Å². The van der Waals surface area contributed by atoms with Crippen LogP contribution in [0.1, 0.15) is 38.5 Å². The largest absolute Gasteiger partial charge is 0.396 e. The summed E-state index contributed by atoms with van der Waals surface area (Å²) in [5.74, 6) is 4.98. The predicted molar refractivity (Wildman–Crippen MR) is 53.2 cm³/mol. The van der Waals surface area contributed by atoms with Crippen LogP contribution < -0.4 is 22.3 Å². The van der Waals surface area contributed by atoms with Crippen LogP contribution >= 0.6 is 0 Å². The third-order valence-electron chi connectivity index (χ3n) is 1.87. The Bertz CT molecular complexity index is 82.2. The number of nitrogens with two attached hydrogens (primary N) is 1. The smallest absolute Gasteiger partial charge is 0.0431 e. The van der Waals surface area contributed by atoms with Crippen molar-refractivity contribution in [3.05, 3.63) is 0 Å². The molecule has 6 N–H and O–H groups in total. The zero-order valence-corrected chi connectivity index (χ0v) is 8.18. The number of nitrogens with one attached hydrogen (secondary N) is 3. The zero-order valence-electron chi connectivity index (χ0n) is 8.18. The number of hydrogen-bond donors (Lipinski definition) is 5. The van der Waals surface area contributed by atoms with Gasteiger partial charge in [0.05, 0.1) is 0 Å². The molecular weight excluding hydrogens is 168 g/mol. The second kappa shape index (κ2) is 11.8. The van der Waals surface area contributed by atoms with Crippen LogP contribution in [0.25, 0.3) is 0 Å². The van der Waals surface area contributed by atoms with Gasteiger partial charge in [0.2, 0.25) is 0 Å². The lowest BCUT2D eigenvalue weighted by Crippen LogP contribution is -2.47. The molecule has 0 unspecified atom stereocenters. The maximum absolute atomic E-state index is 8.53. The van der Waals surface area contributed by atoms with Crippen molar-refractivity contribution in [1.82, 2.24) is 16.5 Å². The van der Waals surface area contributed by atoms with E-state index in [-0.39, 0.29) is 0 Å². The van der Waals surface area contributed by atoms with E-state index in [2.05, 4.69) is 16.5 Å². The van der Waals surface area contributed by atoms with Crippen molar-refractivity contribution in [3.8, 4) is 0 Å². The topological polar surface area (TPSA) is 82.3 Å². The van der Waals surface area contributed by atoms with E-state index < -0.39 is 0 Å². The summed E-state index contributed by atoms with van der Waals surface area (Å²) in [6.45, 7) is 1.25. The van der Waals surface area contributed by atoms with Gasteiger partial charge in [0, 0.05) is 13.2 Å². The Hall–Kier alpha value is -0.200. The van der Waals surface area contributed by atoms with E-state index in [9.17, 15) is 0 Å². The third-order valence-corrected chi connectivity index (χ3v) is 1.87. The van der Waals surface area contributed by atoms with Crippen LogP contribution in [0, 0.1) is 0 Å². The van der Waals surface area contributed by atoms with E-state index in [1.807, 2.05) is 0 Å². The summed E-state index contributed by atoms with van der Waals surface area (Å²) in [4.78, 5) is 0. The Balaban J connectivity index is 2.76. The average molecular weight is 190 g/mol. The molecule has 0 atom stereocenters. The number of rotatable bonds is 10. The molecule has 0 aliphatic heterocycles. The molecule has 0 aliphatic rings. The van der Waals surface area contributed by atoms with E-state index in [1.165, 1.54) is 19.3 Å². The first-order valence-electron chi connectivity index (χ1n) is 4.96. The number of unbranched alkanes of at least 4 members (excludes halogenated alkanes) is 5. The SMILES string of the molecule is NNNNCCCCCCCCO. The van der Waals surface area contributed by atoms with E-state index in [1.54, 1.807) is 0 Å².